The Morgan fingerprint density at radius 2 is 1.94 bits per heavy atom. The predicted octanol–water partition coefficient (Wildman–Crippen LogP) is 6.20. The fourth-order valence-corrected chi connectivity index (χ4v) is 6.10. The third kappa shape index (κ3) is 4.25. The van der Waals surface area contributed by atoms with E-state index in [0.717, 1.165) is 4.88 Å². The number of halogens is 2. The van der Waals surface area contributed by atoms with Crippen molar-refractivity contribution in [2.75, 3.05) is 7.11 Å². The summed E-state index contributed by atoms with van der Waals surface area (Å²) in [7, 11) is 1.30. The van der Waals surface area contributed by atoms with E-state index in [1.54, 1.807) is 34.1 Å². The van der Waals surface area contributed by atoms with Crippen LogP contribution in [0.1, 0.15) is 10.4 Å². The number of hydrogen-bond donors (Lipinski definition) is 0. The number of esters is 1. The molecule has 1 amide bonds. The number of methoxy groups -OCH3 is 1. The van der Waals surface area contributed by atoms with Crippen LogP contribution in [0.5, 0.6) is 0 Å². The van der Waals surface area contributed by atoms with Gasteiger partial charge in [0.1, 0.15) is 6.54 Å². The number of thiazole rings is 1. The smallest absolute Gasteiger partial charge is 0.325 e. The van der Waals surface area contributed by atoms with Crippen molar-refractivity contribution in [1.82, 2.24) is 9.55 Å². The quantitative estimate of drug-likeness (QED) is 0.261. The molecule has 0 saturated heterocycles. The van der Waals surface area contributed by atoms with Crippen molar-refractivity contribution < 1.29 is 14.3 Å². The highest BCUT2D eigenvalue weighted by Gasteiger charge is 2.18. The van der Waals surface area contributed by atoms with Gasteiger partial charge in [0.15, 0.2) is 4.80 Å². The highest BCUT2D eigenvalue weighted by molar-refractivity contribution is 7.16. The summed E-state index contributed by atoms with van der Waals surface area (Å²) in [6, 6.07) is 16.4. The van der Waals surface area contributed by atoms with Gasteiger partial charge < -0.3 is 9.30 Å². The Morgan fingerprint density at radius 3 is 2.71 bits per heavy atom. The average molecular weight is 528 g/mol. The average Bonchev–Trinajstić information content (AvgIpc) is 3.47. The lowest BCUT2D eigenvalue weighted by Crippen LogP contribution is -2.22. The van der Waals surface area contributed by atoms with Gasteiger partial charge in [-0.2, -0.15) is 4.99 Å². The second-order valence-corrected chi connectivity index (χ2v) is 10.0. The van der Waals surface area contributed by atoms with Crippen LogP contribution < -0.4 is 4.80 Å². The molecule has 3 heterocycles. The minimum Gasteiger partial charge on any atom is -0.468 e. The number of hydrogen-bond acceptors (Lipinski definition) is 6. The molecule has 0 N–H and O–H groups in total. The molecule has 0 aliphatic heterocycles. The molecule has 170 valence electrons. The molecule has 0 radical (unpaired) electrons. The number of rotatable bonds is 4. The van der Waals surface area contributed by atoms with E-state index < -0.39 is 11.9 Å². The van der Waals surface area contributed by atoms with E-state index in [9.17, 15) is 9.59 Å². The molecule has 6 nitrogen and oxygen atoms in total. The summed E-state index contributed by atoms with van der Waals surface area (Å²) in [4.78, 5) is 36.0. The molecular weight excluding hydrogens is 513 g/mol. The summed E-state index contributed by atoms with van der Waals surface area (Å²) in [6.07, 6.45) is 0. The monoisotopic (exact) mass is 527 g/mol. The van der Waals surface area contributed by atoms with Crippen molar-refractivity contribution in [1.29, 1.82) is 0 Å². The summed E-state index contributed by atoms with van der Waals surface area (Å²) in [5, 5.41) is 3.45. The van der Waals surface area contributed by atoms with E-state index in [-0.39, 0.29) is 6.54 Å². The van der Waals surface area contributed by atoms with Crippen molar-refractivity contribution >= 4 is 78.9 Å². The minimum atomic E-state index is -0.492. The largest absolute Gasteiger partial charge is 0.468 e. The highest BCUT2D eigenvalue weighted by Crippen LogP contribution is 2.31. The summed E-state index contributed by atoms with van der Waals surface area (Å²) in [6.45, 7) is -0.151. The van der Waals surface area contributed by atoms with E-state index >= 15 is 0 Å². The molecule has 0 atom stereocenters. The summed E-state index contributed by atoms with van der Waals surface area (Å²) in [5.74, 6) is -0.947. The predicted molar refractivity (Wildman–Crippen MR) is 137 cm³/mol. The van der Waals surface area contributed by atoms with Crippen LogP contribution in [0.4, 0.5) is 0 Å². The lowest BCUT2D eigenvalue weighted by Gasteiger charge is -2.07. The number of amides is 1. The zero-order chi connectivity index (χ0) is 23.8. The number of ether oxygens (including phenoxy) is 1. The lowest BCUT2D eigenvalue weighted by molar-refractivity contribution is -0.141. The van der Waals surface area contributed by atoms with Crippen LogP contribution in [0, 0.1) is 0 Å². The van der Waals surface area contributed by atoms with Crippen molar-refractivity contribution in [3.05, 3.63) is 80.4 Å². The Labute approximate surface area is 211 Å². The van der Waals surface area contributed by atoms with Crippen LogP contribution in [0.25, 0.3) is 31.7 Å². The number of benzene rings is 2. The number of thiophene rings is 1. The van der Waals surface area contributed by atoms with Gasteiger partial charge >= 0.3 is 5.97 Å². The molecule has 0 bridgehead atoms. The molecule has 0 aliphatic rings. The summed E-state index contributed by atoms with van der Waals surface area (Å²) < 4.78 is 7.11. The number of carbonyl (C=O) groups is 2. The van der Waals surface area contributed by atoms with E-state index in [4.69, 9.17) is 32.9 Å². The Balaban J connectivity index is 1.73. The Hall–Kier alpha value is -3.04. The molecule has 0 saturated carbocycles. The number of para-hydroxylation sites is 1. The molecule has 0 spiro atoms. The molecule has 5 aromatic rings. The van der Waals surface area contributed by atoms with Crippen molar-refractivity contribution in [2.45, 2.75) is 6.54 Å². The maximum atomic E-state index is 13.5. The fraction of sp³-hybridized carbons (Fsp3) is 0.0833. The van der Waals surface area contributed by atoms with Gasteiger partial charge in [0, 0.05) is 10.4 Å². The lowest BCUT2D eigenvalue weighted by atomic mass is 10.1. The van der Waals surface area contributed by atoms with Crippen LogP contribution in [0.15, 0.2) is 65.0 Å². The SMILES string of the molecule is COC(=O)Cn1c(=NC(=O)c2cc(-c3cccs3)nc3ccccc23)sc2cc(Cl)cc(Cl)c21. The number of fused-ring (bicyclic) bond motifs is 2. The Kier molecular flexibility index (Phi) is 6.22. The Morgan fingerprint density at radius 1 is 1.12 bits per heavy atom. The van der Waals surface area contributed by atoms with Crippen LogP contribution in [0.3, 0.4) is 0 Å². The fourth-order valence-electron chi connectivity index (χ4n) is 3.60. The van der Waals surface area contributed by atoms with Crippen molar-refractivity contribution in [3.8, 4) is 10.6 Å². The topological polar surface area (TPSA) is 73.6 Å². The van der Waals surface area contributed by atoms with Crippen molar-refractivity contribution in [3.63, 3.8) is 0 Å². The van der Waals surface area contributed by atoms with E-state index in [0.29, 0.717) is 47.2 Å². The number of carbonyl (C=O) groups excluding carboxylic acids is 2. The van der Waals surface area contributed by atoms with Gasteiger partial charge in [-0.25, -0.2) is 4.98 Å². The molecule has 0 unspecified atom stereocenters. The summed E-state index contributed by atoms with van der Waals surface area (Å²) in [5.41, 5.74) is 2.37. The molecule has 3 aromatic heterocycles. The third-order valence-corrected chi connectivity index (χ3v) is 7.55. The molecule has 0 fully saturated rings. The van der Waals surface area contributed by atoms with Gasteiger partial charge in [0.2, 0.25) is 0 Å². The molecule has 2 aromatic carbocycles. The van der Waals surface area contributed by atoms with Crippen molar-refractivity contribution in [2.24, 2.45) is 4.99 Å². The van der Waals surface area contributed by atoms with Crippen LogP contribution in [-0.2, 0) is 16.1 Å². The van der Waals surface area contributed by atoms with Gasteiger partial charge in [-0.05, 0) is 35.7 Å². The first kappa shape index (κ1) is 22.7. The maximum Gasteiger partial charge on any atom is 0.325 e. The summed E-state index contributed by atoms with van der Waals surface area (Å²) >= 11 is 15.4. The molecule has 34 heavy (non-hydrogen) atoms. The zero-order valence-corrected chi connectivity index (χ0v) is 20.8. The van der Waals surface area contributed by atoms with Crippen LogP contribution >= 0.6 is 45.9 Å². The molecule has 10 heteroatoms. The maximum absolute atomic E-state index is 13.5. The van der Waals surface area contributed by atoms with E-state index in [1.807, 2.05) is 41.8 Å². The van der Waals surface area contributed by atoms with Crippen LogP contribution in [-0.4, -0.2) is 28.5 Å². The second kappa shape index (κ2) is 9.31. The normalized spacial score (nSPS) is 11.9. The first-order valence-electron chi connectivity index (χ1n) is 10.0. The molecular formula is C24H15Cl2N3O3S2. The number of aromatic nitrogens is 2. The van der Waals surface area contributed by atoms with E-state index in [2.05, 4.69) is 4.99 Å². The standard InChI is InChI=1S/C24H15Cl2N3O3S2/c1-32-21(30)12-29-22-16(26)9-13(25)10-20(22)34-24(29)28-23(31)15-11-18(19-7-4-8-33-19)27-17-6-3-2-5-14(15)17/h2-11H,12H2,1H3. The van der Waals surface area contributed by atoms with Gasteiger partial charge in [-0.1, -0.05) is 58.8 Å². The third-order valence-electron chi connectivity index (χ3n) is 5.13. The highest BCUT2D eigenvalue weighted by atomic mass is 35.5. The molecule has 5 rings (SSSR count). The number of pyridine rings is 1. The Bertz CT molecular complexity index is 1640. The van der Waals surface area contributed by atoms with Gasteiger partial charge in [0.05, 0.1) is 44.0 Å². The zero-order valence-electron chi connectivity index (χ0n) is 17.6. The molecule has 0 aliphatic carbocycles. The first-order chi connectivity index (χ1) is 16.4. The van der Waals surface area contributed by atoms with Crippen LogP contribution in [0.2, 0.25) is 10.0 Å². The van der Waals surface area contributed by atoms with Gasteiger partial charge in [-0.3, -0.25) is 9.59 Å². The van der Waals surface area contributed by atoms with Gasteiger partial charge in [-0.15, -0.1) is 11.3 Å². The first-order valence-corrected chi connectivity index (χ1v) is 12.5. The van der Waals surface area contributed by atoms with Gasteiger partial charge in [0.25, 0.3) is 5.91 Å². The second-order valence-electron chi connectivity index (χ2n) is 7.25. The number of nitrogens with zero attached hydrogens (tertiary/aromatic N) is 3. The van der Waals surface area contributed by atoms with E-state index in [1.165, 1.54) is 18.4 Å². The minimum absolute atomic E-state index is 0.151.